The van der Waals surface area contributed by atoms with Gasteiger partial charge in [-0.25, -0.2) is 0 Å². The molecule has 1 aromatic heterocycles. The first-order valence-corrected chi connectivity index (χ1v) is 6.09. The number of rotatable bonds is 7. The van der Waals surface area contributed by atoms with E-state index < -0.39 is 0 Å². The molecule has 2 N–H and O–H groups in total. The molecule has 0 spiro atoms. The third-order valence-electron chi connectivity index (χ3n) is 2.63. The van der Waals surface area contributed by atoms with E-state index in [1.807, 2.05) is 12.1 Å². The fourth-order valence-electron chi connectivity index (χ4n) is 1.67. The van der Waals surface area contributed by atoms with Gasteiger partial charge in [-0.3, -0.25) is 4.98 Å². The van der Waals surface area contributed by atoms with Crippen molar-refractivity contribution in [2.75, 3.05) is 0 Å². The Morgan fingerprint density at radius 3 is 2.94 bits per heavy atom. The number of aromatic nitrogens is 1. The minimum atomic E-state index is 0.0271. The quantitative estimate of drug-likeness (QED) is 0.579. The second-order valence-corrected chi connectivity index (χ2v) is 4.34. The Kier molecular flexibility index (Phi) is 6.12. The molecule has 0 aromatic carbocycles. The van der Waals surface area contributed by atoms with Crippen molar-refractivity contribution in [1.82, 2.24) is 4.98 Å². The van der Waals surface area contributed by atoms with Crippen molar-refractivity contribution >= 4 is 11.6 Å². The maximum atomic E-state index is 6.08. The van der Waals surface area contributed by atoms with Crippen LogP contribution in [0.4, 0.5) is 0 Å². The van der Waals surface area contributed by atoms with Crippen LogP contribution in [0, 0.1) is 0 Å². The lowest BCUT2D eigenvalue weighted by Crippen LogP contribution is -2.10. The van der Waals surface area contributed by atoms with E-state index in [1.54, 1.807) is 12.4 Å². The summed E-state index contributed by atoms with van der Waals surface area (Å²) in [6.45, 7) is 3.70. The Morgan fingerprint density at radius 2 is 2.25 bits per heavy atom. The average Bonchev–Trinajstić information content (AvgIpc) is 2.29. The van der Waals surface area contributed by atoms with Crippen molar-refractivity contribution in [1.29, 1.82) is 0 Å². The molecule has 1 atom stereocenters. The summed E-state index contributed by atoms with van der Waals surface area (Å²) in [5, 5.41) is 0.668. The summed E-state index contributed by atoms with van der Waals surface area (Å²) in [5.41, 5.74) is 7.08. The van der Waals surface area contributed by atoms with Gasteiger partial charge in [-0.15, -0.1) is 6.58 Å². The molecule has 1 aromatic rings. The van der Waals surface area contributed by atoms with E-state index in [9.17, 15) is 0 Å². The van der Waals surface area contributed by atoms with Gasteiger partial charge in [0.15, 0.2) is 0 Å². The first-order chi connectivity index (χ1) is 7.75. The average molecular weight is 239 g/mol. The standard InChI is InChI=1S/C13H19ClN2/c1-2-3-4-5-6-7-13(15)11-8-9-16-10-12(11)14/h2,8-10,13H,1,3-7,15H2. The highest BCUT2D eigenvalue weighted by Gasteiger charge is 2.09. The van der Waals surface area contributed by atoms with Gasteiger partial charge in [-0.05, 0) is 30.9 Å². The molecule has 0 bridgehead atoms. The molecule has 0 aliphatic carbocycles. The zero-order valence-electron chi connectivity index (χ0n) is 9.53. The van der Waals surface area contributed by atoms with Crippen LogP contribution < -0.4 is 5.73 Å². The fraction of sp³-hybridized carbons (Fsp3) is 0.462. The highest BCUT2D eigenvalue weighted by atomic mass is 35.5. The molecular formula is C13H19ClN2. The van der Waals surface area contributed by atoms with E-state index in [-0.39, 0.29) is 6.04 Å². The van der Waals surface area contributed by atoms with Crippen LogP contribution in [-0.2, 0) is 0 Å². The van der Waals surface area contributed by atoms with Gasteiger partial charge in [0.25, 0.3) is 0 Å². The highest BCUT2D eigenvalue weighted by Crippen LogP contribution is 2.23. The first kappa shape index (κ1) is 13.2. The molecule has 16 heavy (non-hydrogen) atoms. The Morgan fingerprint density at radius 1 is 1.44 bits per heavy atom. The lowest BCUT2D eigenvalue weighted by Gasteiger charge is -2.12. The molecule has 0 fully saturated rings. The number of hydrogen-bond donors (Lipinski definition) is 1. The molecule has 0 radical (unpaired) electrons. The summed E-state index contributed by atoms with van der Waals surface area (Å²) < 4.78 is 0. The van der Waals surface area contributed by atoms with E-state index in [0.29, 0.717) is 5.02 Å². The van der Waals surface area contributed by atoms with E-state index in [1.165, 1.54) is 12.8 Å². The van der Waals surface area contributed by atoms with Crippen LogP contribution in [0.15, 0.2) is 31.1 Å². The summed E-state index contributed by atoms with van der Waals surface area (Å²) in [6, 6.07) is 1.93. The van der Waals surface area contributed by atoms with E-state index >= 15 is 0 Å². The number of halogens is 1. The van der Waals surface area contributed by atoms with E-state index in [4.69, 9.17) is 17.3 Å². The summed E-state index contributed by atoms with van der Waals surface area (Å²) >= 11 is 6.03. The first-order valence-electron chi connectivity index (χ1n) is 5.71. The predicted octanol–water partition coefficient (Wildman–Crippen LogP) is 3.87. The van der Waals surface area contributed by atoms with Crippen molar-refractivity contribution in [3.63, 3.8) is 0 Å². The van der Waals surface area contributed by atoms with E-state index in [0.717, 1.165) is 24.8 Å². The number of unbranched alkanes of at least 4 members (excludes halogenated alkanes) is 3. The largest absolute Gasteiger partial charge is 0.324 e. The van der Waals surface area contributed by atoms with Gasteiger partial charge in [-0.2, -0.15) is 0 Å². The zero-order valence-corrected chi connectivity index (χ0v) is 10.3. The van der Waals surface area contributed by atoms with Crippen LogP contribution in [0.3, 0.4) is 0 Å². The molecule has 1 heterocycles. The minimum absolute atomic E-state index is 0.0271. The molecule has 0 saturated heterocycles. The molecule has 3 heteroatoms. The van der Waals surface area contributed by atoms with Crippen LogP contribution in [-0.4, -0.2) is 4.98 Å². The molecule has 88 valence electrons. The fourth-order valence-corrected chi connectivity index (χ4v) is 1.93. The number of nitrogens with zero attached hydrogens (tertiary/aromatic N) is 1. The van der Waals surface area contributed by atoms with Crippen LogP contribution in [0.1, 0.15) is 43.7 Å². The summed E-state index contributed by atoms with van der Waals surface area (Å²) in [4.78, 5) is 3.95. The van der Waals surface area contributed by atoms with Crippen molar-refractivity contribution < 1.29 is 0 Å². The third kappa shape index (κ3) is 4.33. The van der Waals surface area contributed by atoms with Gasteiger partial charge >= 0.3 is 0 Å². The summed E-state index contributed by atoms with van der Waals surface area (Å²) in [5.74, 6) is 0. The van der Waals surface area contributed by atoms with Gasteiger partial charge in [0, 0.05) is 18.4 Å². The van der Waals surface area contributed by atoms with Crippen molar-refractivity contribution in [2.45, 2.75) is 38.1 Å². The van der Waals surface area contributed by atoms with Crippen LogP contribution in [0.2, 0.25) is 5.02 Å². The van der Waals surface area contributed by atoms with Crippen molar-refractivity contribution in [2.24, 2.45) is 5.73 Å². The monoisotopic (exact) mass is 238 g/mol. The van der Waals surface area contributed by atoms with Crippen LogP contribution in [0.25, 0.3) is 0 Å². The second-order valence-electron chi connectivity index (χ2n) is 3.93. The number of hydrogen-bond acceptors (Lipinski definition) is 2. The molecule has 0 amide bonds. The maximum Gasteiger partial charge on any atom is 0.0637 e. The zero-order chi connectivity index (χ0) is 11.8. The van der Waals surface area contributed by atoms with Gasteiger partial charge in [-0.1, -0.05) is 30.5 Å². The van der Waals surface area contributed by atoms with Crippen LogP contribution in [0.5, 0.6) is 0 Å². The molecule has 1 rings (SSSR count). The van der Waals surface area contributed by atoms with Gasteiger partial charge < -0.3 is 5.73 Å². The van der Waals surface area contributed by atoms with Gasteiger partial charge in [0.2, 0.25) is 0 Å². The second kappa shape index (κ2) is 7.42. The lowest BCUT2D eigenvalue weighted by atomic mass is 10.0. The molecule has 0 aliphatic rings. The Balaban J connectivity index is 2.32. The summed E-state index contributed by atoms with van der Waals surface area (Å²) in [6.07, 6.45) is 10.9. The molecule has 0 saturated carbocycles. The minimum Gasteiger partial charge on any atom is -0.324 e. The SMILES string of the molecule is C=CCCCCCC(N)c1ccncc1Cl. The Labute approximate surface area is 103 Å². The number of nitrogens with two attached hydrogens (primary N) is 1. The molecule has 2 nitrogen and oxygen atoms in total. The topological polar surface area (TPSA) is 38.9 Å². The predicted molar refractivity (Wildman–Crippen MR) is 69.5 cm³/mol. The number of allylic oxidation sites excluding steroid dienone is 1. The maximum absolute atomic E-state index is 6.08. The Bertz CT molecular complexity index is 325. The lowest BCUT2D eigenvalue weighted by molar-refractivity contribution is 0.572. The van der Waals surface area contributed by atoms with Crippen molar-refractivity contribution in [3.8, 4) is 0 Å². The number of pyridine rings is 1. The van der Waals surface area contributed by atoms with E-state index in [2.05, 4.69) is 11.6 Å². The third-order valence-corrected chi connectivity index (χ3v) is 2.94. The molecule has 1 unspecified atom stereocenters. The Hall–Kier alpha value is -0.860. The normalized spacial score (nSPS) is 12.4. The summed E-state index contributed by atoms with van der Waals surface area (Å²) in [7, 11) is 0. The van der Waals surface area contributed by atoms with Gasteiger partial charge in [0.1, 0.15) is 0 Å². The van der Waals surface area contributed by atoms with Crippen molar-refractivity contribution in [3.05, 3.63) is 41.7 Å². The highest BCUT2D eigenvalue weighted by molar-refractivity contribution is 6.31. The van der Waals surface area contributed by atoms with Crippen LogP contribution >= 0.6 is 11.6 Å². The van der Waals surface area contributed by atoms with Gasteiger partial charge in [0.05, 0.1) is 5.02 Å². The molecule has 0 aliphatic heterocycles. The smallest absolute Gasteiger partial charge is 0.0637 e. The molecular weight excluding hydrogens is 220 g/mol.